The molecule has 1 N–H and O–H groups in total. The Hall–Kier alpha value is -2.86. The SMILES string of the molecule is O=C(Nc1ccc(SC(F)F)cc1)c1ccccc1Oc1ccccc1. The van der Waals surface area contributed by atoms with Gasteiger partial charge in [-0.1, -0.05) is 42.1 Å². The maximum absolute atomic E-state index is 12.6. The van der Waals surface area contributed by atoms with Gasteiger partial charge in [0.05, 0.1) is 5.56 Å². The number of amides is 1. The molecule has 0 bridgehead atoms. The molecule has 0 radical (unpaired) electrons. The zero-order valence-corrected chi connectivity index (χ0v) is 14.4. The number of hydrogen-bond acceptors (Lipinski definition) is 3. The van der Waals surface area contributed by atoms with Gasteiger partial charge < -0.3 is 10.1 Å². The Morgan fingerprint density at radius 2 is 1.54 bits per heavy atom. The molecular formula is C20H15F2NO2S. The first-order valence-corrected chi connectivity index (χ1v) is 8.68. The van der Waals surface area contributed by atoms with E-state index in [-0.39, 0.29) is 5.91 Å². The number of anilines is 1. The molecule has 0 aliphatic rings. The van der Waals surface area contributed by atoms with E-state index in [0.29, 0.717) is 39.4 Å². The molecule has 132 valence electrons. The molecular weight excluding hydrogens is 356 g/mol. The third kappa shape index (κ3) is 4.83. The largest absolute Gasteiger partial charge is 0.457 e. The minimum atomic E-state index is -2.47. The number of carbonyl (C=O) groups excluding carboxylic acids is 1. The van der Waals surface area contributed by atoms with Crippen molar-refractivity contribution in [2.45, 2.75) is 10.7 Å². The maximum Gasteiger partial charge on any atom is 0.288 e. The van der Waals surface area contributed by atoms with Gasteiger partial charge in [0.2, 0.25) is 0 Å². The fraction of sp³-hybridized carbons (Fsp3) is 0.0500. The number of thioether (sulfide) groups is 1. The molecule has 0 aliphatic heterocycles. The Balaban J connectivity index is 1.74. The standard InChI is InChI=1S/C20H15F2NO2S/c21-20(22)26-16-12-10-14(11-13-16)23-19(24)17-8-4-5-9-18(17)25-15-6-2-1-3-7-15/h1-13,20H,(H,23,24). The van der Waals surface area contributed by atoms with Gasteiger partial charge in [-0.25, -0.2) is 0 Å². The summed E-state index contributed by atoms with van der Waals surface area (Å²) >= 11 is 0.460. The van der Waals surface area contributed by atoms with Crippen LogP contribution < -0.4 is 10.1 Å². The van der Waals surface area contributed by atoms with Crippen molar-refractivity contribution >= 4 is 23.4 Å². The first kappa shape index (κ1) is 17.9. The minimum absolute atomic E-state index is 0.342. The van der Waals surface area contributed by atoms with Crippen LogP contribution in [-0.4, -0.2) is 11.7 Å². The van der Waals surface area contributed by atoms with Gasteiger partial charge in [-0.3, -0.25) is 4.79 Å². The zero-order chi connectivity index (χ0) is 18.4. The lowest BCUT2D eigenvalue weighted by Crippen LogP contribution is -2.12. The fourth-order valence-corrected chi connectivity index (χ4v) is 2.78. The van der Waals surface area contributed by atoms with Crippen molar-refractivity contribution in [1.82, 2.24) is 0 Å². The summed E-state index contributed by atoms with van der Waals surface area (Å²) in [5.41, 5.74) is 0.894. The highest BCUT2D eigenvalue weighted by Crippen LogP contribution is 2.28. The van der Waals surface area contributed by atoms with Crippen LogP contribution in [0.2, 0.25) is 0 Å². The lowest BCUT2D eigenvalue weighted by atomic mass is 10.2. The monoisotopic (exact) mass is 371 g/mol. The Labute approximate surface area is 154 Å². The van der Waals surface area contributed by atoms with Crippen molar-refractivity contribution in [3.63, 3.8) is 0 Å². The number of hydrogen-bond donors (Lipinski definition) is 1. The van der Waals surface area contributed by atoms with Crippen LogP contribution >= 0.6 is 11.8 Å². The first-order valence-electron chi connectivity index (χ1n) is 7.80. The van der Waals surface area contributed by atoms with Crippen molar-refractivity contribution in [2.75, 3.05) is 5.32 Å². The number of benzene rings is 3. The maximum atomic E-state index is 12.6. The molecule has 0 heterocycles. The third-order valence-corrected chi connectivity index (χ3v) is 4.16. The summed E-state index contributed by atoms with van der Waals surface area (Å²) in [4.78, 5) is 13.0. The lowest BCUT2D eigenvalue weighted by Gasteiger charge is -2.11. The Morgan fingerprint density at radius 3 is 2.23 bits per heavy atom. The molecule has 0 saturated carbocycles. The topological polar surface area (TPSA) is 38.3 Å². The quantitative estimate of drug-likeness (QED) is 0.536. The van der Waals surface area contributed by atoms with Crippen LogP contribution in [0.5, 0.6) is 11.5 Å². The predicted molar refractivity (Wildman–Crippen MR) is 99.2 cm³/mol. The number of nitrogens with one attached hydrogen (secondary N) is 1. The summed E-state index contributed by atoms with van der Waals surface area (Å²) in [6, 6.07) is 22.3. The van der Waals surface area contributed by atoms with Crippen molar-refractivity contribution in [2.24, 2.45) is 0 Å². The van der Waals surface area contributed by atoms with Gasteiger partial charge in [0, 0.05) is 10.6 Å². The van der Waals surface area contributed by atoms with Crippen molar-refractivity contribution in [1.29, 1.82) is 0 Å². The molecule has 0 atom stereocenters. The first-order chi connectivity index (χ1) is 12.6. The smallest absolute Gasteiger partial charge is 0.288 e. The van der Waals surface area contributed by atoms with Crippen LogP contribution in [0.25, 0.3) is 0 Å². The van der Waals surface area contributed by atoms with Crippen LogP contribution in [0.15, 0.2) is 83.8 Å². The molecule has 3 nitrogen and oxygen atoms in total. The van der Waals surface area contributed by atoms with E-state index >= 15 is 0 Å². The minimum Gasteiger partial charge on any atom is -0.457 e. The highest BCUT2D eigenvalue weighted by atomic mass is 32.2. The second-order valence-electron chi connectivity index (χ2n) is 5.27. The van der Waals surface area contributed by atoms with E-state index in [9.17, 15) is 13.6 Å². The third-order valence-electron chi connectivity index (χ3n) is 3.44. The number of carbonyl (C=O) groups is 1. The molecule has 0 spiro atoms. The van der Waals surface area contributed by atoms with Gasteiger partial charge >= 0.3 is 0 Å². The molecule has 0 aliphatic carbocycles. The summed E-state index contributed by atoms with van der Waals surface area (Å²) in [5, 5.41) is 2.75. The Kier molecular flexibility index (Phi) is 5.86. The van der Waals surface area contributed by atoms with E-state index in [4.69, 9.17) is 4.74 Å². The summed E-state index contributed by atoms with van der Waals surface area (Å²) in [7, 11) is 0. The normalized spacial score (nSPS) is 10.6. The van der Waals surface area contributed by atoms with Crippen molar-refractivity contribution in [3.8, 4) is 11.5 Å². The van der Waals surface area contributed by atoms with Crippen LogP contribution in [0.1, 0.15) is 10.4 Å². The van der Waals surface area contributed by atoms with Gasteiger partial charge in [-0.15, -0.1) is 0 Å². The zero-order valence-electron chi connectivity index (χ0n) is 13.6. The molecule has 6 heteroatoms. The van der Waals surface area contributed by atoms with Crippen molar-refractivity contribution < 1.29 is 18.3 Å². The summed E-state index contributed by atoms with van der Waals surface area (Å²) in [6.07, 6.45) is 0. The Bertz CT molecular complexity index is 870. The van der Waals surface area contributed by atoms with Crippen LogP contribution in [0, 0.1) is 0 Å². The summed E-state index contributed by atoms with van der Waals surface area (Å²) < 4.78 is 30.5. The molecule has 1 amide bonds. The van der Waals surface area contributed by atoms with Gasteiger partial charge in [0.25, 0.3) is 11.7 Å². The van der Waals surface area contributed by atoms with E-state index in [1.807, 2.05) is 18.2 Å². The molecule has 3 rings (SSSR count). The average molecular weight is 371 g/mol. The van der Waals surface area contributed by atoms with Gasteiger partial charge in [0.15, 0.2) is 0 Å². The van der Waals surface area contributed by atoms with Gasteiger partial charge in [-0.05, 0) is 48.5 Å². The average Bonchev–Trinajstić information content (AvgIpc) is 2.64. The number of ether oxygens (including phenoxy) is 1. The van der Waals surface area contributed by atoms with Gasteiger partial charge in [-0.2, -0.15) is 8.78 Å². The Morgan fingerprint density at radius 1 is 0.885 bits per heavy atom. The lowest BCUT2D eigenvalue weighted by molar-refractivity contribution is 0.102. The van der Waals surface area contributed by atoms with E-state index < -0.39 is 5.76 Å². The molecule has 0 saturated heterocycles. The van der Waals surface area contributed by atoms with Gasteiger partial charge in [0.1, 0.15) is 11.5 Å². The molecule has 0 fully saturated rings. The molecule has 0 aromatic heterocycles. The number of rotatable bonds is 6. The van der Waals surface area contributed by atoms with E-state index in [0.717, 1.165) is 0 Å². The molecule has 26 heavy (non-hydrogen) atoms. The van der Waals surface area contributed by atoms with E-state index in [1.54, 1.807) is 60.7 Å². The van der Waals surface area contributed by atoms with Crippen LogP contribution in [-0.2, 0) is 0 Å². The van der Waals surface area contributed by atoms with E-state index in [1.165, 1.54) is 0 Å². The molecule has 0 unspecified atom stereocenters. The second kappa shape index (κ2) is 8.49. The number of alkyl halides is 2. The molecule has 3 aromatic carbocycles. The summed E-state index contributed by atoms with van der Waals surface area (Å²) in [6.45, 7) is 0. The number of halogens is 2. The molecule has 3 aromatic rings. The van der Waals surface area contributed by atoms with Crippen LogP contribution in [0.3, 0.4) is 0 Å². The number of para-hydroxylation sites is 2. The van der Waals surface area contributed by atoms with Crippen LogP contribution in [0.4, 0.5) is 14.5 Å². The van der Waals surface area contributed by atoms with Crippen molar-refractivity contribution in [3.05, 3.63) is 84.4 Å². The highest BCUT2D eigenvalue weighted by molar-refractivity contribution is 7.99. The van der Waals surface area contributed by atoms with E-state index in [2.05, 4.69) is 5.32 Å². The fourth-order valence-electron chi connectivity index (χ4n) is 2.28. The second-order valence-corrected chi connectivity index (χ2v) is 6.33. The summed E-state index contributed by atoms with van der Waals surface area (Å²) in [5.74, 6) is -1.76. The predicted octanol–water partition coefficient (Wildman–Crippen LogP) is 6.05. The highest BCUT2D eigenvalue weighted by Gasteiger charge is 2.13.